The van der Waals surface area contributed by atoms with Crippen molar-refractivity contribution in [3.63, 3.8) is 0 Å². The van der Waals surface area contributed by atoms with Crippen LogP contribution in [-0.4, -0.2) is 256 Å². The number of ketones is 6. The Bertz CT molecular complexity index is 4120. The number of amides is 5. The quantitative estimate of drug-likeness (QED) is 0.0234. The zero-order valence-corrected chi connectivity index (χ0v) is 78.2. The maximum absolute atomic E-state index is 14.2. The predicted molar refractivity (Wildman–Crippen MR) is 490 cm³/mol. The Hall–Kier alpha value is -11.3. The van der Waals surface area contributed by atoms with Gasteiger partial charge in [0.2, 0.25) is 29.5 Å². The molecule has 0 aliphatic rings. The molecule has 1 aromatic heterocycles. The molecule has 0 unspecified atom stereocenters. The predicted octanol–water partition coefficient (Wildman–Crippen LogP) is 9.76. The highest BCUT2D eigenvalue weighted by Gasteiger charge is 2.37. The van der Waals surface area contributed by atoms with Crippen molar-refractivity contribution in [2.75, 3.05) is 85.7 Å². The van der Waals surface area contributed by atoms with Crippen LogP contribution in [0.25, 0.3) is 0 Å². The molecule has 135 heavy (non-hydrogen) atoms. The third-order valence-corrected chi connectivity index (χ3v) is 22.7. The van der Waals surface area contributed by atoms with E-state index in [1.54, 1.807) is 38.1 Å². The number of unbranched alkanes of at least 4 members (excludes halogenated alkanes) is 16. The SMILES string of the molecule is CC(C)(CC(=O)[C@@H](N)Cc1cnc[nH]1)C(=O)C[C@@H](CCCCNC(=O)COCCOCCCC(=O)[C@H](CCC(=O)O)NC(=O)[C@H](CCC(=O)O)CC(=O)CCCCCCCCCCOc1ccc(C(=O)O)cc1)C(=O)C[C@@H](CCCCNC(=O)COCCOCCNC(=O)[C@H](CCC(=O)O)CC(=O)[C@H](CCC(=O)O)NC(=O)CCCCCCCCCCOc1ccc(C(=O)O)cc1)C(=O)O. The van der Waals surface area contributed by atoms with Crippen molar-refractivity contribution >= 4 is 106 Å². The highest BCUT2D eigenvalue weighted by atomic mass is 16.5. The first-order valence-electron chi connectivity index (χ1n) is 47.2. The standard InChI is InChI=1S/C96H144N8O31/c1-96(2,61-82(109)76(97)60-72-62-98-65-102-72)83(110)59-68(24-17-19-45-99-85(112)63-132-54-52-130-48-23-27-79(106)77(39-43-89(118)119)104-92(123)69(33-41-87(114)115)56-73(105)26-15-11-7-3-5-9-13-21-49-134-74-35-29-66(30-36-74)93(124)125)80(107)58-71(95(128)129)25-18-20-46-100-86(113)64-133-55-53-131-51-47-101-91(122)70(34-42-88(116)117)57-81(108)78(40-44-90(120)121)103-84(111)28-16-12-8-4-6-10-14-22-50-135-75-37-31-67(32-38-75)94(126)127/h29-32,35-38,62,65,68-71,76-78H,3-28,33-34,39-61,63-64,97H2,1-2H3,(H,98,102)(H,99,112)(H,100,113)(H,101,122)(H,103,111)(H,104,123)(H,114,115)(H,116,117)(H,118,119)(H,120,121)(H,124,125)(H,126,127)(H,128,129)/t68-,69-,70-,71-,76+,77+,78+/m1/s1. The smallest absolute Gasteiger partial charge is 0.335 e. The number of aromatic amines is 1. The summed E-state index contributed by atoms with van der Waals surface area (Å²) in [7, 11) is 0. The Morgan fingerprint density at radius 2 is 0.822 bits per heavy atom. The fourth-order valence-corrected chi connectivity index (χ4v) is 14.7. The molecule has 3 aromatic rings. The molecule has 0 spiro atoms. The molecule has 39 heteroatoms. The van der Waals surface area contributed by atoms with Crippen molar-refractivity contribution in [1.29, 1.82) is 0 Å². The van der Waals surface area contributed by atoms with Crippen molar-refractivity contribution in [3.05, 3.63) is 77.9 Å². The van der Waals surface area contributed by atoms with Gasteiger partial charge in [0.05, 0.1) is 87.7 Å². The molecule has 2 aromatic carbocycles. The third-order valence-electron chi connectivity index (χ3n) is 22.7. The number of carbonyl (C=O) groups excluding carboxylic acids is 11. The number of aromatic carboxylic acids is 2. The summed E-state index contributed by atoms with van der Waals surface area (Å²) in [6, 6.07) is 8.99. The minimum atomic E-state index is -1.27. The molecule has 0 fully saturated rings. The maximum Gasteiger partial charge on any atom is 0.335 e. The minimum absolute atomic E-state index is 0.0128. The number of aromatic nitrogens is 2. The monoisotopic (exact) mass is 1900 g/mol. The number of carboxylic acid groups (broad SMARTS) is 7. The minimum Gasteiger partial charge on any atom is -0.494 e. The number of carbonyl (C=O) groups is 18. The van der Waals surface area contributed by atoms with Crippen LogP contribution >= 0.6 is 0 Å². The number of benzene rings is 2. The average Bonchev–Trinajstić information content (AvgIpc) is 1.37. The molecule has 0 aliphatic heterocycles. The molecule has 0 saturated carbocycles. The van der Waals surface area contributed by atoms with Crippen LogP contribution in [0.1, 0.15) is 291 Å². The lowest BCUT2D eigenvalue weighted by molar-refractivity contribution is -0.145. The number of H-pyrrole nitrogens is 1. The summed E-state index contributed by atoms with van der Waals surface area (Å²) < 4.78 is 33.4. The maximum atomic E-state index is 14.2. The van der Waals surface area contributed by atoms with Gasteiger partial charge >= 0.3 is 41.8 Å². The first kappa shape index (κ1) is 118. The van der Waals surface area contributed by atoms with Crippen LogP contribution in [0, 0.1) is 29.1 Å². The van der Waals surface area contributed by atoms with Gasteiger partial charge in [0.1, 0.15) is 42.1 Å². The van der Waals surface area contributed by atoms with E-state index in [1.807, 2.05) is 0 Å². The van der Waals surface area contributed by atoms with Crippen molar-refractivity contribution in [2.45, 2.75) is 289 Å². The third kappa shape index (κ3) is 57.3. The second-order valence-corrected chi connectivity index (χ2v) is 34.6. The van der Waals surface area contributed by atoms with E-state index in [2.05, 4.69) is 36.6 Å². The van der Waals surface area contributed by atoms with Gasteiger partial charge in [0.15, 0.2) is 17.3 Å². The Morgan fingerprint density at radius 3 is 1.30 bits per heavy atom. The van der Waals surface area contributed by atoms with Crippen LogP contribution in [0.15, 0.2) is 61.1 Å². The molecule has 0 radical (unpaired) electrons. The van der Waals surface area contributed by atoms with Crippen LogP contribution in [0.2, 0.25) is 0 Å². The summed E-state index contributed by atoms with van der Waals surface area (Å²) in [5, 5.41) is 79.3. The highest BCUT2D eigenvalue weighted by Crippen LogP contribution is 2.31. The van der Waals surface area contributed by atoms with Crippen LogP contribution in [0.3, 0.4) is 0 Å². The number of nitrogens with zero attached hydrogens (tertiary/aromatic N) is 1. The lowest BCUT2D eigenvalue weighted by Gasteiger charge is -2.26. The molecule has 39 nitrogen and oxygen atoms in total. The summed E-state index contributed by atoms with van der Waals surface area (Å²) in [5.41, 5.74) is 5.93. The second-order valence-electron chi connectivity index (χ2n) is 34.6. The topological polar surface area (TPSA) is 619 Å². The van der Waals surface area contributed by atoms with Gasteiger partial charge in [-0.3, -0.25) is 76.7 Å². The summed E-state index contributed by atoms with van der Waals surface area (Å²) in [6.45, 7) is 3.56. The second kappa shape index (κ2) is 70.4. The molecule has 0 aliphatic carbocycles. The number of nitrogens with one attached hydrogen (secondary N) is 6. The molecule has 3 rings (SSSR count). The fourth-order valence-electron chi connectivity index (χ4n) is 14.7. The van der Waals surface area contributed by atoms with Gasteiger partial charge in [-0.2, -0.15) is 0 Å². The van der Waals surface area contributed by atoms with Gasteiger partial charge in [-0.15, -0.1) is 0 Å². The van der Waals surface area contributed by atoms with E-state index in [0.717, 1.165) is 89.9 Å². The Kier molecular flexibility index (Phi) is 61.5. The van der Waals surface area contributed by atoms with E-state index in [1.165, 1.54) is 36.8 Å². The first-order chi connectivity index (χ1) is 64.5. The van der Waals surface area contributed by atoms with Gasteiger partial charge in [0, 0.05) is 145 Å². The van der Waals surface area contributed by atoms with Crippen LogP contribution in [-0.2, 0) is 102 Å². The summed E-state index contributed by atoms with van der Waals surface area (Å²) in [6.07, 6.45) is 14.2. The molecule has 0 bridgehead atoms. The van der Waals surface area contributed by atoms with Crippen LogP contribution < -0.4 is 41.8 Å². The van der Waals surface area contributed by atoms with Crippen LogP contribution in [0.5, 0.6) is 11.5 Å². The van der Waals surface area contributed by atoms with E-state index in [-0.39, 0.29) is 186 Å². The molecule has 754 valence electrons. The van der Waals surface area contributed by atoms with Gasteiger partial charge in [-0.1, -0.05) is 104 Å². The summed E-state index contributed by atoms with van der Waals surface area (Å²) in [4.78, 5) is 235. The molecular formula is C96H144N8O31. The number of aliphatic carboxylic acids is 5. The first-order valence-corrected chi connectivity index (χ1v) is 47.2. The lowest BCUT2D eigenvalue weighted by atomic mass is 9.76. The zero-order chi connectivity index (χ0) is 99.6. The molecular weight excluding hydrogens is 1760 g/mol. The van der Waals surface area contributed by atoms with Gasteiger partial charge in [-0.25, -0.2) is 14.6 Å². The van der Waals surface area contributed by atoms with E-state index < -0.39 is 186 Å². The summed E-state index contributed by atoms with van der Waals surface area (Å²) >= 11 is 0. The Labute approximate surface area is 788 Å². The fraction of sp³-hybridized carbons (Fsp3) is 0.656. The number of ether oxygens (including phenoxy) is 6. The molecule has 15 N–H and O–H groups in total. The van der Waals surface area contributed by atoms with E-state index in [9.17, 15) is 112 Å². The Balaban J connectivity index is 1.39. The number of imidazole rings is 1. The lowest BCUT2D eigenvalue weighted by Crippen LogP contribution is -2.44. The van der Waals surface area contributed by atoms with E-state index in [4.69, 9.17) is 44.4 Å². The molecule has 0 saturated heterocycles. The molecule has 1 heterocycles. The normalized spacial score (nSPS) is 12.9. The number of nitrogens with two attached hydrogens (primary N) is 1. The largest absolute Gasteiger partial charge is 0.494 e. The number of rotatable bonds is 87. The number of Topliss-reactive ketones (excluding diaryl/α,β-unsaturated/α-hetero) is 6. The van der Waals surface area contributed by atoms with Crippen molar-refractivity contribution in [3.8, 4) is 11.5 Å². The highest BCUT2D eigenvalue weighted by molar-refractivity contribution is 5.97. The van der Waals surface area contributed by atoms with Gasteiger partial charge < -0.3 is 101 Å². The van der Waals surface area contributed by atoms with E-state index in [0.29, 0.717) is 62.5 Å². The Morgan fingerprint density at radius 1 is 0.378 bits per heavy atom. The van der Waals surface area contributed by atoms with Gasteiger partial charge in [0.25, 0.3) is 0 Å². The number of carboxylic acids is 7. The summed E-state index contributed by atoms with van der Waals surface area (Å²) in [5.74, 6) is -16.7. The van der Waals surface area contributed by atoms with E-state index >= 15 is 0 Å². The average molecular weight is 1910 g/mol. The van der Waals surface area contributed by atoms with Crippen molar-refractivity contribution < 1.29 is 150 Å². The molecule has 7 atom stereocenters. The van der Waals surface area contributed by atoms with Crippen LogP contribution in [0.4, 0.5) is 0 Å². The molecule has 5 amide bonds. The zero-order valence-electron chi connectivity index (χ0n) is 78.2. The number of hydrogen-bond donors (Lipinski definition) is 14. The van der Waals surface area contributed by atoms with Gasteiger partial charge in [-0.05, 0) is 132 Å². The van der Waals surface area contributed by atoms with Crippen molar-refractivity contribution in [1.82, 2.24) is 36.6 Å². The number of hydrogen-bond acceptors (Lipinski definition) is 26. The van der Waals surface area contributed by atoms with Crippen molar-refractivity contribution in [2.24, 2.45) is 34.8 Å².